The van der Waals surface area contributed by atoms with Crippen LogP contribution in [-0.4, -0.2) is 78.3 Å². The van der Waals surface area contributed by atoms with Crippen molar-refractivity contribution in [1.82, 2.24) is 19.7 Å². The zero-order valence-corrected chi connectivity index (χ0v) is 16.7. The van der Waals surface area contributed by atoms with E-state index in [1.54, 1.807) is 4.90 Å². The summed E-state index contributed by atoms with van der Waals surface area (Å²) in [6, 6.07) is 12.0. The first-order valence-corrected chi connectivity index (χ1v) is 9.78. The number of hydrogen-bond acceptors (Lipinski definition) is 4. The van der Waals surface area contributed by atoms with Crippen molar-refractivity contribution in [3.05, 3.63) is 65.7 Å². The Labute approximate surface area is 169 Å². The van der Waals surface area contributed by atoms with Gasteiger partial charge in [-0.15, -0.1) is 0 Å². The van der Waals surface area contributed by atoms with Crippen LogP contribution in [0.5, 0.6) is 0 Å². The Bertz CT molecular complexity index is 912. The molecule has 1 atom stereocenters. The Morgan fingerprint density at radius 3 is 2.41 bits per heavy atom. The first-order chi connectivity index (χ1) is 13.9. The van der Waals surface area contributed by atoms with Gasteiger partial charge in [0.25, 0.3) is 11.8 Å². The van der Waals surface area contributed by atoms with E-state index in [4.69, 9.17) is 0 Å². The minimum atomic E-state index is -0.601. The number of benzene rings is 1. The molecule has 1 unspecified atom stereocenters. The predicted octanol–water partition coefficient (Wildman–Crippen LogP) is 2.00. The van der Waals surface area contributed by atoms with Gasteiger partial charge in [-0.25, -0.2) is 9.37 Å². The summed E-state index contributed by atoms with van der Waals surface area (Å²) in [6.07, 6.45) is 1.43. The number of carbonyl (C=O) groups is 2. The lowest BCUT2D eigenvalue weighted by atomic mass is 9.71. The second-order valence-corrected chi connectivity index (χ2v) is 8.37. The summed E-state index contributed by atoms with van der Waals surface area (Å²) in [5.74, 6) is -0.713. The van der Waals surface area contributed by atoms with E-state index in [-0.39, 0.29) is 28.8 Å². The summed E-state index contributed by atoms with van der Waals surface area (Å²) in [4.78, 5) is 35.2. The fourth-order valence-electron chi connectivity index (χ4n) is 4.55. The molecule has 2 aliphatic rings. The monoisotopic (exact) mass is 396 g/mol. The van der Waals surface area contributed by atoms with E-state index in [0.29, 0.717) is 31.7 Å². The van der Waals surface area contributed by atoms with Crippen LogP contribution in [0.25, 0.3) is 0 Å². The van der Waals surface area contributed by atoms with Crippen molar-refractivity contribution >= 4 is 11.8 Å². The fraction of sp³-hybridized carbons (Fsp3) is 0.409. The number of halogens is 1. The van der Waals surface area contributed by atoms with Crippen molar-refractivity contribution in [1.29, 1.82) is 0 Å². The Kier molecular flexibility index (Phi) is 5.08. The zero-order chi connectivity index (χ0) is 20.6. The smallest absolute Gasteiger partial charge is 0.275 e. The van der Waals surface area contributed by atoms with Gasteiger partial charge < -0.3 is 14.7 Å². The van der Waals surface area contributed by atoms with E-state index >= 15 is 0 Å². The van der Waals surface area contributed by atoms with Gasteiger partial charge in [-0.2, -0.15) is 0 Å². The minimum absolute atomic E-state index is 0.0202. The van der Waals surface area contributed by atoms with Crippen LogP contribution in [0.2, 0.25) is 0 Å². The molecule has 1 spiro atoms. The number of carbonyl (C=O) groups excluding carboxylic acids is 2. The highest BCUT2D eigenvalue weighted by Crippen LogP contribution is 2.45. The molecule has 1 aromatic heterocycles. The molecular weight excluding hydrogens is 371 g/mol. The third-order valence-electron chi connectivity index (χ3n) is 5.97. The lowest BCUT2D eigenvalue weighted by molar-refractivity contribution is -0.0154. The van der Waals surface area contributed by atoms with E-state index in [1.165, 1.54) is 18.3 Å². The first kappa shape index (κ1) is 19.5. The Morgan fingerprint density at radius 2 is 1.76 bits per heavy atom. The number of likely N-dealkylation sites (tertiary alicyclic amines) is 2. The summed E-state index contributed by atoms with van der Waals surface area (Å²) in [5.41, 5.74) is 0.382. The third kappa shape index (κ3) is 3.62. The van der Waals surface area contributed by atoms with Crippen molar-refractivity contribution in [3.8, 4) is 0 Å². The van der Waals surface area contributed by atoms with E-state index in [9.17, 15) is 14.0 Å². The molecule has 1 aromatic carbocycles. The van der Waals surface area contributed by atoms with Crippen molar-refractivity contribution < 1.29 is 14.0 Å². The summed E-state index contributed by atoms with van der Waals surface area (Å²) < 4.78 is 14.0. The SMILES string of the molecule is CN(C)CC1CN(C(=O)c2ccccc2)CC12CN(C(=O)c1ncccc1F)C2. The molecule has 2 fully saturated rings. The number of amides is 2. The van der Waals surface area contributed by atoms with Gasteiger partial charge in [0.2, 0.25) is 0 Å². The van der Waals surface area contributed by atoms with E-state index in [0.717, 1.165) is 6.54 Å². The van der Waals surface area contributed by atoms with Gasteiger partial charge in [-0.3, -0.25) is 9.59 Å². The second-order valence-electron chi connectivity index (χ2n) is 8.37. The van der Waals surface area contributed by atoms with E-state index < -0.39 is 5.82 Å². The van der Waals surface area contributed by atoms with Crippen molar-refractivity contribution in [3.63, 3.8) is 0 Å². The zero-order valence-electron chi connectivity index (χ0n) is 16.7. The molecule has 7 heteroatoms. The molecule has 29 heavy (non-hydrogen) atoms. The van der Waals surface area contributed by atoms with Crippen LogP contribution in [0.1, 0.15) is 20.8 Å². The highest BCUT2D eigenvalue weighted by Gasteiger charge is 2.56. The molecular formula is C22H25FN4O2. The Balaban J connectivity index is 1.50. The molecule has 0 bridgehead atoms. The van der Waals surface area contributed by atoms with Crippen molar-refractivity contribution in [2.75, 3.05) is 46.8 Å². The Hall–Kier alpha value is -2.80. The van der Waals surface area contributed by atoms with Gasteiger partial charge in [-0.05, 0) is 44.3 Å². The van der Waals surface area contributed by atoms with Crippen molar-refractivity contribution in [2.24, 2.45) is 11.3 Å². The molecule has 0 saturated carbocycles. The molecule has 4 rings (SSSR count). The quantitative estimate of drug-likeness (QED) is 0.793. The molecule has 6 nitrogen and oxygen atoms in total. The van der Waals surface area contributed by atoms with Crippen LogP contribution < -0.4 is 0 Å². The molecule has 152 valence electrons. The number of hydrogen-bond donors (Lipinski definition) is 0. The molecule has 0 aliphatic carbocycles. The molecule has 2 aromatic rings. The molecule has 3 heterocycles. The maximum atomic E-state index is 14.0. The van der Waals surface area contributed by atoms with Crippen LogP contribution in [0, 0.1) is 17.2 Å². The predicted molar refractivity (Wildman–Crippen MR) is 107 cm³/mol. The van der Waals surface area contributed by atoms with Crippen molar-refractivity contribution in [2.45, 2.75) is 0 Å². The highest BCUT2D eigenvalue weighted by molar-refractivity contribution is 5.95. The highest BCUT2D eigenvalue weighted by atomic mass is 19.1. The average Bonchev–Trinajstić information content (AvgIpc) is 3.05. The van der Waals surface area contributed by atoms with Crippen LogP contribution in [0.4, 0.5) is 4.39 Å². The molecule has 0 N–H and O–H groups in total. The molecule has 0 radical (unpaired) electrons. The lowest BCUT2D eigenvalue weighted by Gasteiger charge is -2.51. The van der Waals surface area contributed by atoms with E-state index in [2.05, 4.69) is 9.88 Å². The van der Waals surface area contributed by atoms with Crippen LogP contribution >= 0.6 is 0 Å². The standard InChI is InChI=1S/C22H25FN4O2/c1-25(2)11-17-12-26(20(28)16-7-4-3-5-8-16)13-22(17)14-27(15-22)21(29)19-18(23)9-6-10-24-19/h3-10,17H,11-15H2,1-2H3. The van der Waals surface area contributed by atoms with Gasteiger partial charge in [0.05, 0.1) is 0 Å². The van der Waals surface area contributed by atoms with Gasteiger partial charge in [0, 0.05) is 49.9 Å². The van der Waals surface area contributed by atoms with Crippen LogP contribution in [0.15, 0.2) is 48.7 Å². The maximum Gasteiger partial charge on any atom is 0.275 e. The lowest BCUT2D eigenvalue weighted by Crippen LogP contribution is -2.63. The fourth-order valence-corrected chi connectivity index (χ4v) is 4.55. The molecule has 2 amide bonds. The molecule has 2 aliphatic heterocycles. The summed E-state index contributed by atoms with van der Waals surface area (Å²) in [5, 5.41) is 0. The largest absolute Gasteiger partial charge is 0.338 e. The number of pyridine rings is 1. The minimum Gasteiger partial charge on any atom is -0.338 e. The Morgan fingerprint density at radius 1 is 1.07 bits per heavy atom. The molecule has 2 saturated heterocycles. The second kappa shape index (κ2) is 7.55. The summed E-state index contributed by atoms with van der Waals surface area (Å²) in [6.45, 7) is 3.12. The topological polar surface area (TPSA) is 56.8 Å². The first-order valence-electron chi connectivity index (χ1n) is 9.78. The summed E-state index contributed by atoms with van der Waals surface area (Å²) >= 11 is 0. The van der Waals surface area contributed by atoms with Gasteiger partial charge in [-0.1, -0.05) is 18.2 Å². The number of rotatable bonds is 4. The van der Waals surface area contributed by atoms with Gasteiger partial charge in [0.15, 0.2) is 11.5 Å². The van der Waals surface area contributed by atoms with Crippen LogP contribution in [0.3, 0.4) is 0 Å². The third-order valence-corrected chi connectivity index (χ3v) is 5.97. The normalized spacial score (nSPS) is 20.2. The van der Waals surface area contributed by atoms with Gasteiger partial charge in [0.1, 0.15) is 0 Å². The maximum absolute atomic E-state index is 14.0. The summed E-state index contributed by atoms with van der Waals surface area (Å²) in [7, 11) is 4.03. The number of aromatic nitrogens is 1. The van der Waals surface area contributed by atoms with Gasteiger partial charge >= 0.3 is 0 Å². The van der Waals surface area contributed by atoms with Crippen LogP contribution in [-0.2, 0) is 0 Å². The average molecular weight is 396 g/mol. The number of nitrogens with zero attached hydrogens (tertiary/aromatic N) is 4. The van der Waals surface area contributed by atoms with E-state index in [1.807, 2.05) is 49.3 Å².